The van der Waals surface area contributed by atoms with Gasteiger partial charge in [0.15, 0.2) is 0 Å². The van der Waals surface area contributed by atoms with Gasteiger partial charge in [0.05, 0.1) is 22.3 Å². The van der Waals surface area contributed by atoms with Crippen molar-refractivity contribution in [3.8, 4) is 5.75 Å². The van der Waals surface area contributed by atoms with E-state index in [0.29, 0.717) is 33.8 Å². The minimum Gasteiger partial charge on any atom is -0.488 e. The van der Waals surface area contributed by atoms with E-state index in [0.717, 1.165) is 58.0 Å². The van der Waals surface area contributed by atoms with Gasteiger partial charge < -0.3 is 15.4 Å². The average molecular weight is 551 g/mol. The third-order valence-corrected chi connectivity index (χ3v) is 7.92. The number of fused-ring (bicyclic) bond motifs is 1. The molecule has 0 radical (unpaired) electrons. The number of halogens is 2. The molecule has 2 saturated carbocycles. The van der Waals surface area contributed by atoms with Crippen LogP contribution in [0, 0.1) is 5.82 Å². The van der Waals surface area contributed by atoms with Crippen LogP contribution in [0.2, 0.25) is 5.02 Å². The monoisotopic (exact) mass is 550 g/mol. The summed E-state index contributed by atoms with van der Waals surface area (Å²) in [5.74, 6) is 0.376. The van der Waals surface area contributed by atoms with Crippen LogP contribution in [-0.2, 0) is 4.79 Å². The van der Waals surface area contributed by atoms with Crippen molar-refractivity contribution in [3.05, 3.63) is 59.7 Å². The Bertz CT molecular complexity index is 1390. The van der Waals surface area contributed by atoms with Gasteiger partial charge in [-0.25, -0.2) is 14.4 Å². The van der Waals surface area contributed by atoms with Crippen LogP contribution in [0.5, 0.6) is 5.75 Å². The molecular formula is C29H32ClFN6O2. The molecular weight excluding hydrogens is 519 g/mol. The summed E-state index contributed by atoms with van der Waals surface area (Å²) in [5.41, 5.74) is 1.80. The molecule has 0 spiro atoms. The smallest absolute Gasteiger partial charge is 0.248 e. The Morgan fingerprint density at radius 1 is 1.10 bits per heavy atom. The van der Waals surface area contributed by atoms with E-state index in [-0.39, 0.29) is 17.0 Å². The Hall–Kier alpha value is -3.27. The molecule has 6 rings (SSSR count). The maximum Gasteiger partial charge on any atom is 0.248 e. The second-order valence-electron chi connectivity index (χ2n) is 10.5. The number of nitrogens with one attached hydrogen (secondary N) is 2. The second-order valence-corrected chi connectivity index (χ2v) is 10.9. The lowest BCUT2D eigenvalue weighted by atomic mass is 9.96. The molecule has 2 aromatic carbocycles. The molecule has 3 fully saturated rings. The van der Waals surface area contributed by atoms with E-state index >= 15 is 0 Å². The number of carbonyl (C=O) groups is 1. The van der Waals surface area contributed by atoms with Gasteiger partial charge in [0.2, 0.25) is 5.91 Å². The van der Waals surface area contributed by atoms with Gasteiger partial charge in [-0.3, -0.25) is 14.6 Å². The number of ether oxygens (including phenoxy) is 1. The molecule has 0 atom stereocenters. The Balaban J connectivity index is 1.18. The number of aromatic nitrogens is 2. The number of anilines is 3. The van der Waals surface area contributed by atoms with Crippen molar-refractivity contribution >= 4 is 45.6 Å². The van der Waals surface area contributed by atoms with E-state index in [1.54, 1.807) is 12.1 Å². The lowest BCUT2D eigenvalue weighted by Gasteiger charge is -2.34. The van der Waals surface area contributed by atoms with E-state index in [1.807, 2.05) is 18.2 Å². The van der Waals surface area contributed by atoms with E-state index in [9.17, 15) is 9.18 Å². The van der Waals surface area contributed by atoms with Crippen molar-refractivity contribution in [2.45, 2.75) is 44.2 Å². The van der Waals surface area contributed by atoms with Crippen molar-refractivity contribution in [1.29, 1.82) is 0 Å². The highest BCUT2D eigenvalue weighted by atomic mass is 35.5. The Labute approximate surface area is 232 Å². The average Bonchev–Trinajstić information content (AvgIpc) is 3.75. The number of hydrogen-bond acceptors (Lipinski definition) is 7. The molecule has 3 aromatic rings. The van der Waals surface area contributed by atoms with Crippen molar-refractivity contribution in [2.24, 2.45) is 0 Å². The molecule has 0 bridgehead atoms. The van der Waals surface area contributed by atoms with Gasteiger partial charge in [-0.2, -0.15) is 0 Å². The highest BCUT2D eigenvalue weighted by Crippen LogP contribution is 2.36. The SMILES string of the molecule is O=C(C=CCN1CCN(C2CC2)CC1)Nc1cc2c(Nc3ccc(F)c(Cl)c3)ncnc2cc1OC1CCC1. The van der Waals surface area contributed by atoms with E-state index in [2.05, 4.69) is 30.4 Å². The maximum absolute atomic E-state index is 13.6. The van der Waals surface area contributed by atoms with Crippen molar-refractivity contribution in [2.75, 3.05) is 43.4 Å². The number of rotatable bonds is 9. The summed E-state index contributed by atoms with van der Waals surface area (Å²) in [4.78, 5) is 26.7. The van der Waals surface area contributed by atoms with Crippen LogP contribution in [0.4, 0.5) is 21.6 Å². The van der Waals surface area contributed by atoms with Gasteiger partial charge in [-0.1, -0.05) is 17.7 Å². The summed E-state index contributed by atoms with van der Waals surface area (Å²) in [7, 11) is 0. The number of hydrogen-bond donors (Lipinski definition) is 2. The quantitative estimate of drug-likeness (QED) is 0.346. The summed E-state index contributed by atoms with van der Waals surface area (Å²) in [6.07, 6.45) is 10.9. The first kappa shape index (κ1) is 26.0. The molecule has 10 heteroatoms. The summed E-state index contributed by atoms with van der Waals surface area (Å²) >= 11 is 5.96. The fourth-order valence-electron chi connectivity index (χ4n) is 4.99. The minimum absolute atomic E-state index is 0.0130. The van der Waals surface area contributed by atoms with Gasteiger partial charge in [0.25, 0.3) is 0 Å². The summed E-state index contributed by atoms with van der Waals surface area (Å²) in [6, 6.07) is 8.84. The van der Waals surface area contributed by atoms with Gasteiger partial charge in [0, 0.05) is 62.0 Å². The predicted molar refractivity (Wildman–Crippen MR) is 151 cm³/mol. The Kier molecular flexibility index (Phi) is 7.63. The normalized spacial score (nSPS) is 18.8. The molecule has 2 heterocycles. The molecule has 1 amide bonds. The zero-order valence-corrected chi connectivity index (χ0v) is 22.5. The first-order chi connectivity index (χ1) is 19.0. The predicted octanol–water partition coefficient (Wildman–Crippen LogP) is 5.37. The maximum atomic E-state index is 13.6. The highest BCUT2D eigenvalue weighted by molar-refractivity contribution is 6.31. The third-order valence-electron chi connectivity index (χ3n) is 7.63. The van der Waals surface area contributed by atoms with Gasteiger partial charge in [-0.05, 0) is 56.4 Å². The van der Waals surface area contributed by atoms with Gasteiger partial charge in [0.1, 0.15) is 23.7 Å². The first-order valence-electron chi connectivity index (χ1n) is 13.6. The first-order valence-corrected chi connectivity index (χ1v) is 14.0. The zero-order valence-electron chi connectivity index (χ0n) is 21.7. The second kappa shape index (κ2) is 11.5. The van der Waals surface area contributed by atoms with Crippen molar-refractivity contribution in [1.82, 2.24) is 19.8 Å². The number of piperazine rings is 1. The fourth-order valence-corrected chi connectivity index (χ4v) is 5.17. The number of carbonyl (C=O) groups excluding carboxylic acids is 1. The molecule has 2 aliphatic carbocycles. The van der Waals surface area contributed by atoms with Crippen LogP contribution < -0.4 is 15.4 Å². The zero-order chi connectivity index (χ0) is 26.8. The molecule has 3 aliphatic rings. The summed E-state index contributed by atoms with van der Waals surface area (Å²) < 4.78 is 19.9. The Morgan fingerprint density at radius 3 is 2.64 bits per heavy atom. The molecule has 1 aliphatic heterocycles. The molecule has 1 aromatic heterocycles. The van der Waals surface area contributed by atoms with E-state index < -0.39 is 5.82 Å². The van der Waals surface area contributed by atoms with Crippen LogP contribution in [-0.4, -0.2) is 70.5 Å². The van der Waals surface area contributed by atoms with Crippen LogP contribution in [0.3, 0.4) is 0 Å². The van der Waals surface area contributed by atoms with Crippen LogP contribution in [0.1, 0.15) is 32.1 Å². The Morgan fingerprint density at radius 2 is 1.92 bits per heavy atom. The summed E-state index contributed by atoms with van der Waals surface area (Å²) in [5, 5.41) is 6.88. The number of benzene rings is 2. The third kappa shape index (κ3) is 6.32. The van der Waals surface area contributed by atoms with Crippen LogP contribution in [0.15, 0.2) is 48.8 Å². The van der Waals surface area contributed by atoms with Crippen molar-refractivity contribution < 1.29 is 13.9 Å². The van der Waals surface area contributed by atoms with Gasteiger partial charge in [-0.15, -0.1) is 0 Å². The molecule has 8 nitrogen and oxygen atoms in total. The molecule has 2 N–H and O–H groups in total. The van der Waals surface area contributed by atoms with E-state index in [4.69, 9.17) is 16.3 Å². The van der Waals surface area contributed by atoms with Crippen LogP contribution >= 0.6 is 11.6 Å². The molecule has 39 heavy (non-hydrogen) atoms. The summed E-state index contributed by atoms with van der Waals surface area (Å²) in [6.45, 7) is 5.01. The molecule has 204 valence electrons. The fraction of sp³-hybridized carbons (Fsp3) is 0.414. The van der Waals surface area contributed by atoms with Crippen LogP contribution in [0.25, 0.3) is 10.9 Å². The number of nitrogens with zero attached hydrogens (tertiary/aromatic N) is 4. The topological polar surface area (TPSA) is 82.6 Å². The van der Waals surface area contributed by atoms with E-state index in [1.165, 1.54) is 31.3 Å². The lowest BCUT2D eigenvalue weighted by Crippen LogP contribution is -2.47. The molecule has 0 unspecified atom stereocenters. The molecule has 1 saturated heterocycles. The lowest BCUT2D eigenvalue weighted by molar-refractivity contribution is -0.111. The highest BCUT2D eigenvalue weighted by Gasteiger charge is 2.30. The van der Waals surface area contributed by atoms with Crippen molar-refractivity contribution in [3.63, 3.8) is 0 Å². The number of amides is 1. The minimum atomic E-state index is -0.494. The largest absolute Gasteiger partial charge is 0.488 e. The van der Waals surface area contributed by atoms with Gasteiger partial charge >= 0.3 is 0 Å². The standard InChI is InChI=1S/C29H32ClFN6O2/c30-23-15-19(6-9-24(23)31)34-29-22-16-26(27(39-21-3-1-4-21)17-25(22)32-18-33-29)35-28(38)5-2-10-36-11-13-37(14-12-36)20-7-8-20/h2,5-6,9,15-18,20-21H,1,3-4,7-8,10-14H2,(H,35,38)(H,32,33,34).